The Bertz CT molecular complexity index is 502. The highest BCUT2D eigenvalue weighted by Crippen LogP contribution is 2.22. The van der Waals surface area contributed by atoms with E-state index in [-0.39, 0.29) is 5.91 Å². The molecule has 0 saturated carbocycles. The molecule has 0 aliphatic heterocycles. The van der Waals surface area contributed by atoms with E-state index in [1.54, 1.807) is 18.2 Å². The lowest BCUT2D eigenvalue weighted by Gasteiger charge is -2.16. The van der Waals surface area contributed by atoms with Crippen LogP contribution in [0.4, 0.5) is 5.69 Å². The molecule has 116 valence electrons. The van der Waals surface area contributed by atoms with Crippen molar-refractivity contribution in [3.8, 4) is 5.75 Å². The third-order valence-electron chi connectivity index (χ3n) is 3.13. The predicted octanol–water partition coefficient (Wildman–Crippen LogP) is 1.74. The van der Waals surface area contributed by atoms with Gasteiger partial charge in [-0.15, -0.1) is 0 Å². The number of nitrogens with two attached hydrogens (primary N) is 1. The Balaban J connectivity index is 2.83. The Labute approximate surface area is 124 Å². The number of hydrogen-bond donors (Lipinski definition) is 2. The van der Waals surface area contributed by atoms with E-state index in [4.69, 9.17) is 15.2 Å². The second-order valence-electron chi connectivity index (χ2n) is 4.65. The number of hydrogen-bond acceptors (Lipinski definition) is 5. The molecule has 0 bridgehead atoms. The number of anilines is 1. The standard InChI is InChI=1S/C15H22N2O4/c1-4-5-6-12(15(19)21-3)17-14(18)10-7-8-11(16)13(9-10)20-2/h7-9,12H,4-6,16H2,1-3H3,(H,17,18)/t12-/m1/s1. The van der Waals surface area contributed by atoms with Crippen molar-refractivity contribution in [3.63, 3.8) is 0 Å². The Morgan fingerprint density at radius 2 is 2.05 bits per heavy atom. The first-order valence-corrected chi connectivity index (χ1v) is 6.85. The van der Waals surface area contributed by atoms with Crippen molar-refractivity contribution >= 4 is 17.6 Å². The largest absolute Gasteiger partial charge is 0.495 e. The van der Waals surface area contributed by atoms with Crippen LogP contribution in [0.25, 0.3) is 0 Å². The van der Waals surface area contributed by atoms with Crippen molar-refractivity contribution in [2.24, 2.45) is 0 Å². The molecule has 6 heteroatoms. The van der Waals surface area contributed by atoms with Crippen molar-refractivity contribution in [2.45, 2.75) is 32.2 Å². The Hall–Kier alpha value is -2.24. The lowest BCUT2D eigenvalue weighted by molar-refractivity contribution is -0.143. The zero-order chi connectivity index (χ0) is 15.8. The molecule has 0 aliphatic carbocycles. The molecule has 0 aromatic heterocycles. The number of amides is 1. The summed E-state index contributed by atoms with van der Waals surface area (Å²) in [4.78, 5) is 23.9. The molecule has 0 spiro atoms. The minimum Gasteiger partial charge on any atom is -0.495 e. The monoisotopic (exact) mass is 294 g/mol. The van der Waals surface area contributed by atoms with E-state index in [1.807, 2.05) is 6.92 Å². The molecule has 0 radical (unpaired) electrons. The molecule has 1 aromatic rings. The van der Waals surface area contributed by atoms with Crippen LogP contribution < -0.4 is 15.8 Å². The number of esters is 1. The molecular formula is C15H22N2O4. The van der Waals surface area contributed by atoms with Gasteiger partial charge < -0.3 is 20.5 Å². The predicted molar refractivity (Wildman–Crippen MR) is 80.2 cm³/mol. The first-order valence-electron chi connectivity index (χ1n) is 6.85. The number of ether oxygens (including phenoxy) is 2. The summed E-state index contributed by atoms with van der Waals surface area (Å²) in [6, 6.07) is 4.07. The maximum Gasteiger partial charge on any atom is 0.328 e. The molecule has 0 heterocycles. The minimum atomic E-state index is -0.647. The first kappa shape index (κ1) is 16.8. The first-order chi connectivity index (χ1) is 10.0. The van der Waals surface area contributed by atoms with E-state index >= 15 is 0 Å². The van der Waals surface area contributed by atoms with Gasteiger partial charge in [0.2, 0.25) is 0 Å². The smallest absolute Gasteiger partial charge is 0.328 e. The fraction of sp³-hybridized carbons (Fsp3) is 0.467. The van der Waals surface area contributed by atoms with Crippen molar-refractivity contribution in [1.82, 2.24) is 5.32 Å². The summed E-state index contributed by atoms with van der Waals surface area (Å²) < 4.78 is 9.79. The fourth-order valence-electron chi connectivity index (χ4n) is 1.89. The van der Waals surface area contributed by atoms with Gasteiger partial charge in [0.25, 0.3) is 5.91 Å². The van der Waals surface area contributed by atoms with Crippen LogP contribution in [0.3, 0.4) is 0 Å². The van der Waals surface area contributed by atoms with Crippen LogP contribution in [0.5, 0.6) is 5.75 Å². The average molecular weight is 294 g/mol. The summed E-state index contributed by atoms with van der Waals surface area (Å²) in [6.45, 7) is 2.01. The maximum atomic E-state index is 12.2. The lowest BCUT2D eigenvalue weighted by atomic mass is 10.1. The van der Waals surface area contributed by atoms with Gasteiger partial charge in [0.15, 0.2) is 0 Å². The quantitative estimate of drug-likeness (QED) is 0.590. The molecule has 6 nitrogen and oxygen atoms in total. The highest BCUT2D eigenvalue weighted by atomic mass is 16.5. The number of nitrogen functional groups attached to an aromatic ring is 1. The minimum absolute atomic E-state index is 0.361. The number of benzene rings is 1. The van der Waals surface area contributed by atoms with Crippen LogP contribution in [0.15, 0.2) is 18.2 Å². The molecule has 0 aliphatic rings. The summed E-state index contributed by atoms with van der Waals surface area (Å²) in [5.74, 6) is -0.384. The van der Waals surface area contributed by atoms with Crippen molar-refractivity contribution in [3.05, 3.63) is 23.8 Å². The second-order valence-corrected chi connectivity index (χ2v) is 4.65. The SMILES string of the molecule is CCCC[C@@H](NC(=O)c1ccc(N)c(OC)c1)C(=O)OC. The van der Waals surface area contributed by atoms with Crippen molar-refractivity contribution in [2.75, 3.05) is 20.0 Å². The highest BCUT2D eigenvalue weighted by Gasteiger charge is 2.21. The highest BCUT2D eigenvalue weighted by molar-refractivity contribution is 5.97. The van der Waals surface area contributed by atoms with Crippen LogP contribution in [-0.2, 0) is 9.53 Å². The Morgan fingerprint density at radius 1 is 1.33 bits per heavy atom. The molecule has 0 unspecified atom stereocenters. The van der Waals surface area contributed by atoms with E-state index in [0.29, 0.717) is 23.4 Å². The van der Waals surface area contributed by atoms with Gasteiger partial charge in [0.1, 0.15) is 11.8 Å². The number of carbonyl (C=O) groups is 2. The maximum absolute atomic E-state index is 12.2. The van der Waals surface area contributed by atoms with E-state index < -0.39 is 12.0 Å². The van der Waals surface area contributed by atoms with Crippen LogP contribution in [-0.4, -0.2) is 32.1 Å². The third kappa shape index (κ3) is 4.66. The molecule has 0 fully saturated rings. The summed E-state index contributed by atoms with van der Waals surface area (Å²) in [6.07, 6.45) is 2.30. The molecule has 1 rings (SSSR count). The average Bonchev–Trinajstić information content (AvgIpc) is 2.50. The number of unbranched alkanes of at least 4 members (excludes halogenated alkanes) is 1. The summed E-state index contributed by atoms with van der Waals surface area (Å²) in [5.41, 5.74) is 6.54. The normalized spacial score (nSPS) is 11.6. The summed E-state index contributed by atoms with van der Waals surface area (Å²) >= 11 is 0. The Morgan fingerprint density at radius 3 is 2.62 bits per heavy atom. The summed E-state index contributed by atoms with van der Waals surface area (Å²) in [7, 11) is 2.78. The van der Waals surface area contributed by atoms with E-state index in [9.17, 15) is 9.59 Å². The number of rotatable bonds is 7. The van der Waals surface area contributed by atoms with Crippen molar-refractivity contribution < 1.29 is 19.1 Å². The van der Waals surface area contributed by atoms with Crippen molar-refractivity contribution in [1.29, 1.82) is 0 Å². The van der Waals surface area contributed by atoms with Gasteiger partial charge in [-0.2, -0.15) is 0 Å². The van der Waals surface area contributed by atoms with E-state index in [1.165, 1.54) is 14.2 Å². The summed E-state index contributed by atoms with van der Waals surface area (Å²) in [5, 5.41) is 2.68. The van der Waals surface area contributed by atoms with Gasteiger partial charge in [-0.05, 0) is 24.6 Å². The zero-order valence-corrected chi connectivity index (χ0v) is 12.6. The van der Waals surface area contributed by atoms with Gasteiger partial charge >= 0.3 is 5.97 Å². The number of methoxy groups -OCH3 is 2. The molecule has 1 atom stereocenters. The molecule has 1 amide bonds. The third-order valence-corrected chi connectivity index (χ3v) is 3.13. The van der Waals surface area contributed by atoms with Crippen LogP contribution in [0, 0.1) is 0 Å². The van der Waals surface area contributed by atoms with Crippen LogP contribution in [0.1, 0.15) is 36.5 Å². The van der Waals surface area contributed by atoms with Gasteiger partial charge in [0.05, 0.1) is 19.9 Å². The molecule has 21 heavy (non-hydrogen) atoms. The van der Waals surface area contributed by atoms with Gasteiger partial charge in [-0.1, -0.05) is 19.8 Å². The molecule has 3 N–H and O–H groups in total. The molecule has 1 aromatic carbocycles. The number of nitrogens with one attached hydrogen (secondary N) is 1. The second kappa shape index (κ2) is 8.14. The van der Waals surface area contributed by atoms with Gasteiger partial charge in [-0.3, -0.25) is 4.79 Å². The zero-order valence-electron chi connectivity index (χ0n) is 12.6. The van der Waals surface area contributed by atoms with Gasteiger partial charge in [0, 0.05) is 5.56 Å². The molecule has 0 saturated heterocycles. The lowest BCUT2D eigenvalue weighted by Crippen LogP contribution is -2.41. The Kier molecular flexibility index (Phi) is 6.52. The van der Waals surface area contributed by atoms with Crippen LogP contribution in [0.2, 0.25) is 0 Å². The van der Waals surface area contributed by atoms with E-state index in [0.717, 1.165) is 12.8 Å². The topological polar surface area (TPSA) is 90.7 Å². The number of carbonyl (C=O) groups excluding carboxylic acids is 2. The van der Waals surface area contributed by atoms with E-state index in [2.05, 4.69) is 5.32 Å². The van der Waals surface area contributed by atoms with Crippen LogP contribution >= 0.6 is 0 Å². The fourth-order valence-corrected chi connectivity index (χ4v) is 1.89. The van der Waals surface area contributed by atoms with Gasteiger partial charge in [-0.25, -0.2) is 4.79 Å². The molecular weight excluding hydrogens is 272 g/mol.